The number of hydrogen-bond donors (Lipinski definition) is 0. The smallest absolute Gasteiger partial charge is 0.140 e. The Morgan fingerprint density at radius 3 is 1.95 bits per heavy atom. The van der Waals surface area contributed by atoms with Gasteiger partial charge in [0, 0.05) is 36.0 Å². The molecule has 2 aliphatic rings. The number of carbonyl (C=O) groups excluding carboxylic acids is 1. The van der Waals surface area contributed by atoms with Gasteiger partial charge in [-0.1, -0.05) is 89.5 Å². The minimum absolute atomic E-state index is 0.120. The normalized spacial score (nSPS) is 24.3. The van der Waals surface area contributed by atoms with Crippen molar-refractivity contribution in [1.29, 1.82) is 0 Å². The molecular weight excluding hydrogens is 596 g/mol. The first-order valence-electron chi connectivity index (χ1n) is 14.6. The molecule has 6 atom stereocenters. The largest absolute Gasteiger partial charge is 0.299 e. The molecule has 0 saturated carbocycles. The molecular formula is C35H35ClN2O3S2. The molecule has 222 valence electrons. The van der Waals surface area contributed by atoms with Crippen LogP contribution in [0.25, 0.3) is 0 Å². The van der Waals surface area contributed by atoms with Gasteiger partial charge in [-0.25, -0.2) is 17.0 Å². The van der Waals surface area contributed by atoms with Crippen molar-refractivity contribution in [1.82, 2.24) is 8.61 Å². The molecule has 0 radical (unpaired) electrons. The molecule has 2 heterocycles. The summed E-state index contributed by atoms with van der Waals surface area (Å²) in [4.78, 5) is 15.5. The van der Waals surface area contributed by atoms with Gasteiger partial charge in [0.15, 0.2) is 0 Å². The minimum atomic E-state index is -1.52. The van der Waals surface area contributed by atoms with E-state index in [1.165, 1.54) is 0 Å². The van der Waals surface area contributed by atoms with Crippen molar-refractivity contribution in [3.05, 3.63) is 130 Å². The fraction of sp³-hybridized carbons (Fsp3) is 0.286. The second-order valence-corrected chi connectivity index (χ2v) is 14.8. The van der Waals surface area contributed by atoms with Gasteiger partial charge in [-0.2, -0.15) is 0 Å². The molecule has 43 heavy (non-hydrogen) atoms. The number of carbonyl (C=O) groups is 1. The minimum Gasteiger partial charge on any atom is -0.299 e. The Morgan fingerprint density at radius 1 is 0.721 bits per heavy atom. The number of benzene rings is 4. The standard InChI is InChI=1S/C35H35ClN2O3S2/c1-23-8-12-27(13-9-23)32-21-34(39)30-22-37(43(41)35-7-5-4-6-25(35)3)31(26-14-16-28(36)17-15-26)20-33(30)38(32)42(40)29-18-10-24(2)11-19-29/h4-19,30-33H,20-22H2,1-3H3/t30-,31?,32?,33+,42?,43?/m1/s1. The van der Waals surface area contributed by atoms with Crippen LogP contribution in [-0.4, -0.2) is 35.4 Å². The third-order valence-electron chi connectivity index (χ3n) is 8.72. The number of nitrogens with zero attached hydrogens (tertiary/aromatic N) is 2. The van der Waals surface area contributed by atoms with Gasteiger partial charge in [0.25, 0.3) is 0 Å². The highest BCUT2D eigenvalue weighted by Crippen LogP contribution is 2.47. The van der Waals surface area contributed by atoms with Gasteiger partial charge in [-0.3, -0.25) is 4.79 Å². The SMILES string of the molecule is Cc1ccc(C2CC(=O)[C@@H]3CN(S(=O)c4ccccc4C)C(c4ccc(Cl)cc4)C[C@@H]3N2S(=O)c2ccc(C)cc2)cc1. The van der Waals surface area contributed by atoms with Crippen LogP contribution < -0.4 is 0 Å². The van der Waals surface area contributed by atoms with Gasteiger partial charge >= 0.3 is 0 Å². The van der Waals surface area contributed by atoms with Gasteiger partial charge in [0.1, 0.15) is 27.8 Å². The Bertz CT molecular complexity index is 1680. The third kappa shape index (κ3) is 6.06. The Labute approximate surface area is 264 Å². The van der Waals surface area contributed by atoms with Crippen LogP contribution in [-0.2, 0) is 26.8 Å². The van der Waals surface area contributed by atoms with Crippen molar-refractivity contribution in [3.63, 3.8) is 0 Å². The van der Waals surface area contributed by atoms with Crippen LogP contribution in [0.5, 0.6) is 0 Å². The van der Waals surface area contributed by atoms with Crippen LogP contribution in [0.1, 0.15) is 52.7 Å². The number of ketones is 1. The molecule has 4 unspecified atom stereocenters. The van der Waals surface area contributed by atoms with E-state index < -0.39 is 27.9 Å². The lowest BCUT2D eigenvalue weighted by atomic mass is 9.77. The monoisotopic (exact) mass is 630 g/mol. The van der Waals surface area contributed by atoms with Gasteiger partial charge in [-0.15, -0.1) is 0 Å². The van der Waals surface area contributed by atoms with E-state index >= 15 is 0 Å². The maximum Gasteiger partial charge on any atom is 0.140 e. The van der Waals surface area contributed by atoms with Gasteiger partial charge < -0.3 is 0 Å². The van der Waals surface area contributed by atoms with Gasteiger partial charge in [0.05, 0.1) is 15.8 Å². The number of hydrogen-bond acceptors (Lipinski definition) is 3. The molecule has 5 nitrogen and oxygen atoms in total. The average Bonchev–Trinajstić information content (AvgIpc) is 3.01. The molecule has 0 aromatic heterocycles. The number of aryl methyl sites for hydroxylation is 3. The van der Waals surface area contributed by atoms with E-state index in [4.69, 9.17) is 11.6 Å². The fourth-order valence-electron chi connectivity index (χ4n) is 6.33. The Balaban J connectivity index is 1.45. The molecule has 0 bridgehead atoms. The summed E-state index contributed by atoms with van der Waals surface area (Å²) in [6.45, 7) is 6.31. The van der Waals surface area contributed by atoms with Crippen molar-refractivity contribution < 1.29 is 13.2 Å². The molecule has 2 fully saturated rings. The Morgan fingerprint density at radius 2 is 1.30 bits per heavy atom. The summed E-state index contributed by atoms with van der Waals surface area (Å²) in [5.74, 6) is -0.318. The number of fused-ring (bicyclic) bond motifs is 1. The molecule has 0 amide bonds. The molecule has 4 aromatic carbocycles. The lowest BCUT2D eigenvalue weighted by molar-refractivity contribution is -0.131. The number of rotatable bonds is 6. The van der Waals surface area contributed by atoms with Gasteiger partial charge in [0.2, 0.25) is 0 Å². The van der Waals surface area contributed by atoms with E-state index in [-0.39, 0.29) is 30.3 Å². The first-order valence-corrected chi connectivity index (χ1v) is 17.2. The maximum atomic E-state index is 14.5. The van der Waals surface area contributed by atoms with Gasteiger partial charge in [-0.05, 0) is 74.2 Å². The lowest BCUT2D eigenvalue weighted by Crippen LogP contribution is -2.59. The summed E-state index contributed by atoms with van der Waals surface area (Å²) in [6.07, 6.45) is 0.744. The second kappa shape index (κ2) is 12.6. The third-order valence-corrected chi connectivity index (χ3v) is 12.2. The quantitative estimate of drug-likeness (QED) is 0.222. The van der Waals surface area contributed by atoms with Crippen molar-refractivity contribution in [2.75, 3.05) is 6.54 Å². The lowest BCUT2D eigenvalue weighted by Gasteiger charge is -2.51. The summed E-state index contributed by atoms with van der Waals surface area (Å²) >= 11 is 6.27. The molecule has 2 saturated heterocycles. The molecule has 0 N–H and O–H groups in total. The molecule has 0 spiro atoms. The van der Waals surface area contributed by atoms with Crippen LogP contribution in [0.2, 0.25) is 5.02 Å². The molecule has 8 heteroatoms. The number of Topliss-reactive ketones (excluding diaryl/α,β-unsaturated/α-hetero) is 1. The zero-order valence-electron chi connectivity index (χ0n) is 24.5. The number of piperidine rings is 2. The van der Waals surface area contributed by atoms with E-state index in [1.54, 1.807) is 0 Å². The van der Waals surface area contributed by atoms with Crippen LogP contribution in [0.3, 0.4) is 0 Å². The van der Waals surface area contributed by atoms with Crippen molar-refractivity contribution in [3.8, 4) is 0 Å². The summed E-state index contributed by atoms with van der Waals surface area (Å²) in [5, 5.41) is 0.624. The molecule has 0 aliphatic carbocycles. The molecule has 4 aromatic rings. The first kappa shape index (κ1) is 30.1. The van der Waals surface area contributed by atoms with Crippen LogP contribution in [0.15, 0.2) is 107 Å². The molecule has 2 aliphatic heterocycles. The maximum absolute atomic E-state index is 14.5. The summed E-state index contributed by atoms with van der Waals surface area (Å²) < 4.78 is 32.8. The Hall–Kier alpha value is -2.94. The summed E-state index contributed by atoms with van der Waals surface area (Å²) in [6, 6.07) is 30.4. The van der Waals surface area contributed by atoms with E-state index in [0.717, 1.165) is 32.7 Å². The first-order chi connectivity index (χ1) is 20.7. The van der Waals surface area contributed by atoms with Crippen LogP contribution in [0, 0.1) is 26.7 Å². The van der Waals surface area contributed by atoms with E-state index in [1.807, 2.05) is 122 Å². The van der Waals surface area contributed by atoms with Crippen molar-refractivity contribution in [2.45, 2.75) is 61.5 Å². The predicted molar refractivity (Wildman–Crippen MR) is 173 cm³/mol. The zero-order chi connectivity index (χ0) is 30.2. The number of halogens is 1. The topological polar surface area (TPSA) is 57.7 Å². The predicted octanol–water partition coefficient (Wildman–Crippen LogP) is 7.46. The van der Waals surface area contributed by atoms with Crippen molar-refractivity contribution >= 4 is 39.4 Å². The highest BCUT2D eigenvalue weighted by atomic mass is 35.5. The highest BCUT2D eigenvalue weighted by molar-refractivity contribution is 7.83. The van der Waals surface area contributed by atoms with E-state index in [0.29, 0.717) is 22.9 Å². The molecule has 6 rings (SSSR count). The zero-order valence-corrected chi connectivity index (χ0v) is 26.9. The van der Waals surface area contributed by atoms with Crippen molar-refractivity contribution in [2.24, 2.45) is 5.92 Å². The van der Waals surface area contributed by atoms with Crippen LogP contribution in [0.4, 0.5) is 0 Å². The summed E-state index contributed by atoms with van der Waals surface area (Å²) in [7, 11) is -3.02. The average molecular weight is 631 g/mol. The second-order valence-electron chi connectivity index (χ2n) is 11.6. The van der Waals surface area contributed by atoms with Crippen LogP contribution >= 0.6 is 11.6 Å². The highest BCUT2D eigenvalue weighted by Gasteiger charge is 2.51. The van der Waals surface area contributed by atoms with E-state index in [2.05, 4.69) is 4.31 Å². The summed E-state index contributed by atoms with van der Waals surface area (Å²) in [5.41, 5.74) is 5.11. The van der Waals surface area contributed by atoms with E-state index in [9.17, 15) is 13.2 Å². The fourth-order valence-corrected chi connectivity index (χ4v) is 9.50. The Kier molecular flexibility index (Phi) is 8.81.